The highest BCUT2D eigenvalue weighted by Crippen LogP contribution is 1.95. The summed E-state index contributed by atoms with van der Waals surface area (Å²) in [6.07, 6.45) is 2.81. The lowest BCUT2D eigenvalue weighted by molar-refractivity contribution is -0.121. The van der Waals surface area contributed by atoms with E-state index in [9.17, 15) is 13.2 Å². The van der Waals surface area contributed by atoms with E-state index in [0.717, 1.165) is 26.1 Å². The maximum absolute atomic E-state index is 11.4. The minimum Gasteiger partial charge on any atom is -0.356 e. The molecule has 0 saturated carbocycles. The molecule has 0 aliphatic rings. The molecule has 0 rings (SSSR count). The number of nitrogens with one attached hydrogen (secondary N) is 1. The Kier molecular flexibility index (Phi) is 9.01. The zero-order valence-corrected chi connectivity index (χ0v) is 12.6. The minimum absolute atomic E-state index is 0.0572. The molecule has 6 heteroatoms. The number of nitrogens with zero attached hydrogens (tertiary/aromatic N) is 1. The summed E-state index contributed by atoms with van der Waals surface area (Å²) >= 11 is 0. The predicted octanol–water partition coefficient (Wildman–Crippen LogP) is 0.659. The van der Waals surface area contributed by atoms with Crippen molar-refractivity contribution in [3.63, 3.8) is 0 Å². The lowest BCUT2D eigenvalue weighted by atomic mass is 10.3. The van der Waals surface area contributed by atoms with Crippen LogP contribution in [0.4, 0.5) is 0 Å². The first-order valence-electron chi connectivity index (χ1n) is 6.55. The number of rotatable bonds is 10. The first kappa shape index (κ1) is 17.4. The van der Waals surface area contributed by atoms with E-state index in [4.69, 9.17) is 0 Å². The fourth-order valence-electron chi connectivity index (χ4n) is 1.65. The Morgan fingerprint density at radius 1 is 1.17 bits per heavy atom. The zero-order valence-electron chi connectivity index (χ0n) is 11.7. The number of carbonyl (C=O) groups is 1. The van der Waals surface area contributed by atoms with Crippen molar-refractivity contribution in [3.8, 4) is 0 Å². The van der Waals surface area contributed by atoms with E-state index in [-0.39, 0.29) is 11.7 Å². The third-order valence-electron chi connectivity index (χ3n) is 2.79. The van der Waals surface area contributed by atoms with Crippen LogP contribution in [0.1, 0.15) is 33.1 Å². The molecule has 108 valence electrons. The molecule has 0 aliphatic carbocycles. The quantitative estimate of drug-likeness (QED) is 0.596. The van der Waals surface area contributed by atoms with Crippen molar-refractivity contribution in [1.82, 2.24) is 10.2 Å². The molecule has 1 amide bonds. The molecule has 0 radical (unpaired) electrons. The van der Waals surface area contributed by atoms with Crippen molar-refractivity contribution < 1.29 is 13.2 Å². The first-order valence-corrected chi connectivity index (χ1v) is 8.61. The van der Waals surface area contributed by atoms with Crippen LogP contribution in [0.2, 0.25) is 0 Å². The van der Waals surface area contributed by atoms with Crippen LogP contribution in [0.15, 0.2) is 0 Å². The fraction of sp³-hybridized carbons (Fsp3) is 0.917. The van der Waals surface area contributed by atoms with E-state index in [2.05, 4.69) is 24.1 Å². The summed E-state index contributed by atoms with van der Waals surface area (Å²) in [7, 11) is -2.95. The minimum atomic E-state index is -2.95. The monoisotopic (exact) mass is 278 g/mol. The Balaban J connectivity index is 3.54. The average molecular weight is 278 g/mol. The number of carbonyl (C=O) groups excluding carboxylic acids is 1. The molecule has 0 heterocycles. The summed E-state index contributed by atoms with van der Waals surface area (Å²) in [5.41, 5.74) is 0. The standard InChI is InChI=1S/C12H26N2O3S/c1-4-14(5-2)10-7-9-13-12(15)8-6-11-18(3,16)17/h4-11H2,1-3H3,(H,13,15). The molecule has 0 spiro atoms. The molecule has 0 bridgehead atoms. The van der Waals surface area contributed by atoms with Gasteiger partial charge >= 0.3 is 0 Å². The third-order valence-corrected chi connectivity index (χ3v) is 3.82. The number of amides is 1. The summed E-state index contributed by atoms with van der Waals surface area (Å²) in [6.45, 7) is 7.93. The smallest absolute Gasteiger partial charge is 0.220 e. The van der Waals surface area contributed by atoms with Crippen LogP contribution in [0.5, 0.6) is 0 Å². The lowest BCUT2D eigenvalue weighted by Gasteiger charge is -2.17. The zero-order chi connectivity index (χ0) is 14.0. The summed E-state index contributed by atoms with van der Waals surface area (Å²) in [5, 5.41) is 2.81. The van der Waals surface area contributed by atoms with Crippen molar-refractivity contribution in [3.05, 3.63) is 0 Å². The lowest BCUT2D eigenvalue weighted by Crippen LogP contribution is -2.30. The van der Waals surface area contributed by atoms with Crippen molar-refractivity contribution in [2.75, 3.05) is 38.2 Å². The van der Waals surface area contributed by atoms with Gasteiger partial charge in [0, 0.05) is 19.2 Å². The first-order chi connectivity index (χ1) is 8.39. The highest BCUT2D eigenvalue weighted by atomic mass is 32.2. The van der Waals surface area contributed by atoms with E-state index in [1.54, 1.807) is 0 Å². The van der Waals surface area contributed by atoms with Crippen LogP contribution in [0.25, 0.3) is 0 Å². The number of hydrogen-bond acceptors (Lipinski definition) is 4. The molecule has 18 heavy (non-hydrogen) atoms. The van der Waals surface area contributed by atoms with Gasteiger partial charge in [-0.3, -0.25) is 4.79 Å². The van der Waals surface area contributed by atoms with Gasteiger partial charge in [-0.1, -0.05) is 13.8 Å². The van der Waals surface area contributed by atoms with Gasteiger partial charge in [-0.2, -0.15) is 0 Å². The van der Waals surface area contributed by atoms with Crippen LogP contribution in [-0.4, -0.2) is 57.4 Å². The molecule has 0 aliphatic heterocycles. The average Bonchev–Trinajstić information content (AvgIpc) is 2.27. The fourth-order valence-corrected chi connectivity index (χ4v) is 2.32. The second kappa shape index (κ2) is 9.33. The topological polar surface area (TPSA) is 66.5 Å². The van der Waals surface area contributed by atoms with E-state index < -0.39 is 9.84 Å². The molecule has 0 saturated heterocycles. The molecule has 1 N–H and O–H groups in total. The highest BCUT2D eigenvalue weighted by molar-refractivity contribution is 7.90. The summed E-state index contributed by atoms with van der Waals surface area (Å²) < 4.78 is 21.8. The van der Waals surface area contributed by atoms with E-state index >= 15 is 0 Å². The van der Waals surface area contributed by atoms with Crippen LogP contribution < -0.4 is 5.32 Å². The van der Waals surface area contributed by atoms with Crippen molar-refractivity contribution in [1.29, 1.82) is 0 Å². The van der Waals surface area contributed by atoms with Crippen molar-refractivity contribution in [2.24, 2.45) is 0 Å². The number of sulfone groups is 1. The van der Waals surface area contributed by atoms with Crippen LogP contribution in [0, 0.1) is 0 Å². The normalized spacial score (nSPS) is 11.8. The number of hydrogen-bond donors (Lipinski definition) is 1. The van der Waals surface area contributed by atoms with Crippen molar-refractivity contribution in [2.45, 2.75) is 33.1 Å². The van der Waals surface area contributed by atoms with Gasteiger partial charge in [0.05, 0.1) is 5.75 Å². The van der Waals surface area contributed by atoms with Crippen LogP contribution in [-0.2, 0) is 14.6 Å². The molecule has 0 atom stereocenters. The Hall–Kier alpha value is -0.620. The Morgan fingerprint density at radius 2 is 1.78 bits per heavy atom. The molecule has 5 nitrogen and oxygen atoms in total. The van der Waals surface area contributed by atoms with Gasteiger partial charge in [-0.05, 0) is 32.5 Å². The third kappa shape index (κ3) is 10.5. The van der Waals surface area contributed by atoms with E-state index in [1.165, 1.54) is 6.26 Å². The summed E-state index contributed by atoms with van der Waals surface area (Å²) in [4.78, 5) is 13.7. The van der Waals surface area contributed by atoms with Crippen LogP contribution in [0.3, 0.4) is 0 Å². The van der Waals surface area contributed by atoms with Crippen molar-refractivity contribution >= 4 is 15.7 Å². The van der Waals surface area contributed by atoms with Crippen LogP contribution >= 0.6 is 0 Å². The Bertz CT molecular complexity index is 324. The predicted molar refractivity (Wildman–Crippen MR) is 74.4 cm³/mol. The highest BCUT2D eigenvalue weighted by Gasteiger charge is 2.05. The Labute approximate surface area is 111 Å². The second-order valence-electron chi connectivity index (χ2n) is 4.46. The SMILES string of the molecule is CCN(CC)CCCNC(=O)CCCS(C)(=O)=O. The largest absolute Gasteiger partial charge is 0.356 e. The summed E-state index contributed by atoms with van der Waals surface area (Å²) in [5.74, 6) is 0.0260. The van der Waals surface area contributed by atoms with Gasteiger partial charge in [0.15, 0.2) is 0 Å². The molecular formula is C12H26N2O3S. The van der Waals surface area contributed by atoms with Gasteiger partial charge in [0.25, 0.3) is 0 Å². The molecule has 0 aromatic heterocycles. The van der Waals surface area contributed by atoms with E-state index in [1.807, 2.05) is 0 Å². The Morgan fingerprint density at radius 3 is 2.28 bits per heavy atom. The van der Waals surface area contributed by atoms with Gasteiger partial charge in [0.1, 0.15) is 9.84 Å². The van der Waals surface area contributed by atoms with Gasteiger partial charge < -0.3 is 10.2 Å². The molecular weight excluding hydrogens is 252 g/mol. The molecule has 0 fully saturated rings. The summed E-state index contributed by atoms with van der Waals surface area (Å²) in [6, 6.07) is 0. The molecule has 0 unspecified atom stereocenters. The van der Waals surface area contributed by atoms with Gasteiger partial charge in [-0.25, -0.2) is 8.42 Å². The molecule has 0 aromatic rings. The maximum Gasteiger partial charge on any atom is 0.220 e. The maximum atomic E-state index is 11.4. The second-order valence-corrected chi connectivity index (χ2v) is 6.72. The van der Waals surface area contributed by atoms with E-state index in [0.29, 0.717) is 19.4 Å². The van der Waals surface area contributed by atoms with Gasteiger partial charge in [0.2, 0.25) is 5.91 Å². The molecule has 0 aromatic carbocycles. The van der Waals surface area contributed by atoms with Gasteiger partial charge in [-0.15, -0.1) is 0 Å².